The van der Waals surface area contributed by atoms with Gasteiger partial charge in [0, 0.05) is 37.8 Å². The lowest BCUT2D eigenvalue weighted by Crippen LogP contribution is -2.40. The lowest BCUT2D eigenvalue weighted by Gasteiger charge is -2.22. The van der Waals surface area contributed by atoms with Crippen LogP contribution in [-0.2, 0) is 12.8 Å². The van der Waals surface area contributed by atoms with E-state index in [1.54, 1.807) is 25.6 Å². The summed E-state index contributed by atoms with van der Waals surface area (Å²) in [6.07, 6.45) is 4.13. The molecular formula is C22H34N4O2S. The molecule has 0 aliphatic carbocycles. The molecule has 0 spiro atoms. The number of thiazole rings is 1. The van der Waals surface area contributed by atoms with Gasteiger partial charge in [0.2, 0.25) is 0 Å². The molecule has 0 aliphatic heterocycles. The summed E-state index contributed by atoms with van der Waals surface area (Å²) in [6, 6.07) is 6.08. The van der Waals surface area contributed by atoms with Crippen LogP contribution in [0.2, 0.25) is 0 Å². The zero-order valence-corrected chi connectivity index (χ0v) is 19.1. The molecule has 0 saturated heterocycles. The van der Waals surface area contributed by atoms with Crippen molar-refractivity contribution < 1.29 is 9.47 Å². The van der Waals surface area contributed by atoms with E-state index < -0.39 is 0 Å². The second-order valence-corrected chi connectivity index (χ2v) is 7.88. The van der Waals surface area contributed by atoms with Gasteiger partial charge in [-0.25, -0.2) is 4.98 Å². The lowest BCUT2D eigenvalue weighted by molar-refractivity contribution is 0.354. The Balaban J connectivity index is 1.82. The van der Waals surface area contributed by atoms with Crippen molar-refractivity contribution >= 4 is 17.3 Å². The van der Waals surface area contributed by atoms with Crippen LogP contribution in [0.3, 0.4) is 0 Å². The summed E-state index contributed by atoms with van der Waals surface area (Å²) >= 11 is 1.75. The Labute approximate surface area is 179 Å². The van der Waals surface area contributed by atoms with Crippen molar-refractivity contribution in [3.63, 3.8) is 0 Å². The fraction of sp³-hybridized carbons (Fsp3) is 0.545. The minimum atomic E-state index is 0.757. The molecule has 0 saturated carbocycles. The first-order valence-corrected chi connectivity index (χ1v) is 11.1. The first-order valence-electron chi connectivity index (χ1n) is 10.2. The summed E-state index contributed by atoms with van der Waals surface area (Å²) in [4.78, 5) is 11.5. The van der Waals surface area contributed by atoms with Crippen molar-refractivity contribution in [2.24, 2.45) is 4.99 Å². The number of hydrogen-bond donors (Lipinski definition) is 1. The van der Waals surface area contributed by atoms with Crippen LogP contribution in [-0.4, -0.2) is 56.7 Å². The monoisotopic (exact) mass is 418 g/mol. The van der Waals surface area contributed by atoms with E-state index in [4.69, 9.17) is 14.5 Å². The number of aliphatic imine (C=N–C) groups is 1. The molecule has 29 heavy (non-hydrogen) atoms. The number of methoxy groups -OCH3 is 2. The predicted molar refractivity (Wildman–Crippen MR) is 122 cm³/mol. The van der Waals surface area contributed by atoms with Crippen LogP contribution in [0, 0.1) is 6.92 Å². The molecule has 0 unspecified atom stereocenters. The number of hydrogen-bond acceptors (Lipinski definition) is 5. The third kappa shape index (κ3) is 7.57. The molecule has 0 radical (unpaired) electrons. The predicted octanol–water partition coefficient (Wildman–Crippen LogP) is 3.93. The molecule has 0 fully saturated rings. The van der Waals surface area contributed by atoms with Gasteiger partial charge in [-0.05, 0) is 57.2 Å². The Hall–Kier alpha value is -2.28. The number of guanidine groups is 1. The van der Waals surface area contributed by atoms with E-state index in [0.717, 1.165) is 68.5 Å². The van der Waals surface area contributed by atoms with Gasteiger partial charge in [-0.1, -0.05) is 6.07 Å². The van der Waals surface area contributed by atoms with Gasteiger partial charge in [-0.15, -0.1) is 11.3 Å². The first kappa shape index (κ1) is 23.0. The fourth-order valence-corrected chi connectivity index (χ4v) is 3.82. The highest BCUT2D eigenvalue weighted by molar-refractivity contribution is 7.09. The summed E-state index contributed by atoms with van der Waals surface area (Å²) in [5.74, 6) is 2.48. The molecule has 1 aromatic carbocycles. The molecule has 2 aromatic rings. The van der Waals surface area contributed by atoms with Gasteiger partial charge >= 0.3 is 0 Å². The zero-order chi connectivity index (χ0) is 21.1. The van der Waals surface area contributed by atoms with Crippen molar-refractivity contribution in [2.75, 3.05) is 40.9 Å². The van der Waals surface area contributed by atoms with Crippen LogP contribution in [0.25, 0.3) is 0 Å². The number of aryl methyl sites for hydroxylation is 2. The molecule has 0 aliphatic rings. The summed E-state index contributed by atoms with van der Waals surface area (Å²) in [5.41, 5.74) is 2.33. The summed E-state index contributed by atoms with van der Waals surface area (Å²) in [7, 11) is 5.41. The SMILES string of the molecule is CCNC(=NCCCCc1nc(C)cs1)N(C)CCc1ccc(OC)c(OC)c1. The average Bonchev–Trinajstić information content (AvgIpc) is 3.15. The van der Waals surface area contributed by atoms with Gasteiger partial charge in [0.25, 0.3) is 0 Å². The maximum atomic E-state index is 5.40. The zero-order valence-electron chi connectivity index (χ0n) is 18.3. The topological polar surface area (TPSA) is 59.0 Å². The third-order valence-electron chi connectivity index (χ3n) is 4.61. The largest absolute Gasteiger partial charge is 0.493 e. The van der Waals surface area contributed by atoms with Crippen LogP contribution in [0.4, 0.5) is 0 Å². The number of nitrogens with zero attached hydrogens (tertiary/aromatic N) is 3. The van der Waals surface area contributed by atoms with Crippen molar-refractivity contribution in [3.05, 3.63) is 39.8 Å². The van der Waals surface area contributed by atoms with Gasteiger partial charge in [0.15, 0.2) is 17.5 Å². The number of unbranched alkanes of at least 4 members (excludes halogenated alkanes) is 1. The van der Waals surface area contributed by atoms with Crippen molar-refractivity contribution in [1.82, 2.24) is 15.2 Å². The maximum absolute atomic E-state index is 5.40. The van der Waals surface area contributed by atoms with Crippen LogP contribution >= 0.6 is 11.3 Å². The van der Waals surface area contributed by atoms with E-state index >= 15 is 0 Å². The van der Waals surface area contributed by atoms with Crippen molar-refractivity contribution in [3.8, 4) is 11.5 Å². The number of likely N-dealkylation sites (N-methyl/N-ethyl adjacent to an activating group) is 1. The Morgan fingerprint density at radius 3 is 2.62 bits per heavy atom. The van der Waals surface area contributed by atoms with E-state index in [0.29, 0.717) is 0 Å². The number of benzene rings is 1. The third-order valence-corrected chi connectivity index (χ3v) is 5.63. The highest BCUT2D eigenvalue weighted by Gasteiger charge is 2.08. The van der Waals surface area contributed by atoms with Gasteiger partial charge in [0.05, 0.1) is 19.2 Å². The molecule has 1 heterocycles. The van der Waals surface area contributed by atoms with Gasteiger partial charge in [-0.2, -0.15) is 0 Å². The number of aromatic nitrogens is 1. The molecule has 7 heteroatoms. The minimum absolute atomic E-state index is 0.757. The van der Waals surface area contributed by atoms with E-state index in [9.17, 15) is 0 Å². The second kappa shape index (κ2) is 12.3. The molecule has 1 aromatic heterocycles. The lowest BCUT2D eigenvalue weighted by atomic mass is 10.1. The first-order chi connectivity index (χ1) is 14.1. The summed E-state index contributed by atoms with van der Waals surface area (Å²) in [5, 5.41) is 6.73. The summed E-state index contributed by atoms with van der Waals surface area (Å²) in [6.45, 7) is 6.71. The fourth-order valence-electron chi connectivity index (χ4n) is 3.00. The standard InChI is InChI=1S/C22H34N4O2S/c1-6-23-22(24-13-8-7-9-21-25-17(2)16-29-21)26(3)14-12-18-10-11-19(27-4)20(15-18)28-5/h10-11,15-16H,6-9,12-14H2,1-5H3,(H,23,24). The molecule has 0 amide bonds. The molecular weight excluding hydrogens is 384 g/mol. The van der Waals surface area contributed by atoms with E-state index in [1.165, 1.54) is 10.6 Å². The van der Waals surface area contributed by atoms with Crippen LogP contribution < -0.4 is 14.8 Å². The van der Waals surface area contributed by atoms with Crippen molar-refractivity contribution in [1.29, 1.82) is 0 Å². The summed E-state index contributed by atoms with van der Waals surface area (Å²) < 4.78 is 10.7. The average molecular weight is 419 g/mol. The van der Waals surface area contributed by atoms with E-state index in [1.807, 2.05) is 19.1 Å². The number of rotatable bonds is 11. The van der Waals surface area contributed by atoms with Crippen LogP contribution in [0.1, 0.15) is 36.0 Å². The van der Waals surface area contributed by atoms with Crippen molar-refractivity contribution in [2.45, 2.75) is 39.5 Å². The van der Waals surface area contributed by atoms with Gasteiger partial charge in [-0.3, -0.25) is 4.99 Å². The number of ether oxygens (including phenoxy) is 2. The second-order valence-electron chi connectivity index (χ2n) is 6.94. The highest BCUT2D eigenvalue weighted by atomic mass is 32.1. The van der Waals surface area contributed by atoms with E-state index in [2.05, 4.69) is 40.6 Å². The van der Waals surface area contributed by atoms with Crippen LogP contribution in [0.15, 0.2) is 28.6 Å². The molecule has 0 bridgehead atoms. The van der Waals surface area contributed by atoms with Crippen LogP contribution in [0.5, 0.6) is 11.5 Å². The molecule has 6 nitrogen and oxygen atoms in total. The van der Waals surface area contributed by atoms with Gasteiger partial charge in [0.1, 0.15) is 0 Å². The Morgan fingerprint density at radius 2 is 1.97 bits per heavy atom. The molecule has 160 valence electrons. The maximum Gasteiger partial charge on any atom is 0.193 e. The Bertz CT molecular complexity index is 776. The molecule has 2 rings (SSSR count). The quantitative estimate of drug-likeness (QED) is 0.340. The minimum Gasteiger partial charge on any atom is -0.493 e. The van der Waals surface area contributed by atoms with Gasteiger partial charge < -0.3 is 19.7 Å². The number of nitrogens with one attached hydrogen (secondary N) is 1. The highest BCUT2D eigenvalue weighted by Crippen LogP contribution is 2.27. The molecule has 1 N–H and O–H groups in total. The Morgan fingerprint density at radius 1 is 1.17 bits per heavy atom. The molecule has 0 atom stereocenters. The Kier molecular flexibility index (Phi) is 9.77. The normalized spacial score (nSPS) is 11.4. The van der Waals surface area contributed by atoms with E-state index in [-0.39, 0.29) is 0 Å². The smallest absolute Gasteiger partial charge is 0.193 e.